The van der Waals surface area contributed by atoms with Crippen LogP contribution in [-0.4, -0.2) is 0 Å². The standard InChI is InChI=1S/C36H20S2/c1-2-9-25-23(7-1)24-8-3-4-10-26(24)31-19-21(13-15-27(25)31)22-14-18-34-32(20-22)30-17-16-29-28-11-5-6-12-33(28)37-35(29)36(30)38-34/h1-20H. The molecule has 0 saturated carbocycles. The van der Waals surface area contributed by atoms with Crippen LogP contribution in [-0.2, 0) is 0 Å². The van der Waals surface area contributed by atoms with Crippen molar-refractivity contribution in [2.75, 3.05) is 0 Å². The van der Waals surface area contributed by atoms with Crippen molar-refractivity contribution in [1.82, 2.24) is 0 Å². The average Bonchev–Trinajstić information content (AvgIpc) is 3.55. The SMILES string of the molecule is c1ccc2c(c1)sc1c2ccc2c3cc(-c4ccc5c6ccccc6c6ccccc6c5c4)ccc3sc21. The number of thiophene rings is 2. The number of benzene rings is 7. The molecule has 9 rings (SSSR count). The fourth-order valence-corrected chi connectivity index (χ4v) is 8.80. The molecule has 0 aliphatic heterocycles. The third kappa shape index (κ3) is 2.79. The molecule has 0 nitrogen and oxygen atoms in total. The maximum absolute atomic E-state index is 2.40. The first-order valence-corrected chi connectivity index (χ1v) is 14.6. The monoisotopic (exact) mass is 516 g/mol. The van der Waals surface area contributed by atoms with Crippen molar-refractivity contribution >= 4 is 95.3 Å². The molecule has 0 fully saturated rings. The Labute approximate surface area is 227 Å². The Morgan fingerprint density at radius 3 is 1.37 bits per heavy atom. The minimum absolute atomic E-state index is 1.27. The van der Waals surface area contributed by atoms with Gasteiger partial charge < -0.3 is 0 Å². The van der Waals surface area contributed by atoms with Crippen molar-refractivity contribution in [2.45, 2.75) is 0 Å². The van der Waals surface area contributed by atoms with Crippen molar-refractivity contribution in [3.8, 4) is 11.1 Å². The van der Waals surface area contributed by atoms with E-state index >= 15 is 0 Å². The van der Waals surface area contributed by atoms with Gasteiger partial charge in [0.15, 0.2) is 0 Å². The summed E-state index contributed by atoms with van der Waals surface area (Å²) in [4.78, 5) is 0. The van der Waals surface area contributed by atoms with Crippen molar-refractivity contribution in [3.05, 3.63) is 121 Å². The molecule has 0 radical (unpaired) electrons. The Kier molecular flexibility index (Phi) is 4.18. The van der Waals surface area contributed by atoms with Crippen LogP contribution < -0.4 is 0 Å². The van der Waals surface area contributed by atoms with Crippen LogP contribution in [0.4, 0.5) is 0 Å². The molecule has 2 aromatic heterocycles. The summed E-state index contributed by atoms with van der Waals surface area (Å²) in [7, 11) is 0. The Bertz CT molecular complexity index is 2370. The molecule has 176 valence electrons. The normalized spacial score (nSPS) is 12.2. The molecule has 0 aliphatic carbocycles. The zero-order valence-corrected chi connectivity index (χ0v) is 22.0. The van der Waals surface area contributed by atoms with Gasteiger partial charge in [0, 0.05) is 30.9 Å². The van der Waals surface area contributed by atoms with E-state index in [9.17, 15) is 0 Å². The van der Waals surface area contributed by atoms with Crippen LogP contribution >= 0.6 is 22.7 Å². The van der Waals surface area contributed by atoms with E-state index in [0.717, 1.165) is 0 Å². The van der Waals surface area contributed by atoms with Crippen LogP contribution in [0.3, 0.4) is 0 Å². The fraction of sp³-hybridized carbons (Fsp3) is 0. The highest BCUT2D eigenvalue weighted by Gasteiger charge is 2.14. The molecular formula is C36H20S2. The van der Waals surface area contributed by atoms with Gasteiger partial charge in [0.05, 0.1) is 9.40 Å². The molecule has 2 heterocycles. The Balaban J connectivity index is 1.30. The smallest absolute Gasteiger partial charge is 0.0534 e. The molecule has 9 aromatic rings. The van der Waals surface area contributed by atoms with E-state index in [1.54, 1.807) is 0 Å². The molecule has 7 aromatic carbocycles. The van der Waals surface area contributed by atoms with Crippen molar-refractivity contribution < 1.29 is 0 Å². The molecule has 0 saturated heterocycles. The summed E-state index contributed by atoms with van der Waals surface area (Å²) in [5.74, 6) is 0. The van der Waals surface area contributed by atoms with Crippen molar-refractivity contribution in [3.63, 3.8) is 0 Å². The van der Waals surface area contributed by atoms with E-state index in [1.807, 2.05) is 22.7 Å². The molecule has 0 N–H and O–H groups in total. The van der Waals surface area contributed by atoms with E-state index in [1.165, 1.54) is 83.8 Å². The third-order valence-electron chi connectivity index (χ3n) is 8.06. The van der Waals surface area contributed by atoms with Crippen LogP contribution in [0.15, 0.2) is 121 Å². The predicted molar refractivity (Wildman–Crippen MR) is 170 cm³/mol. The summed E-state index contributed by atoms with van der Waals surface area (Å²) >= 11 is 3.85. The first-order valence-electron chi connectivity index (χ1n) is 12.9. The van der Waals surface area contributed by atoms with Gasteiger partial charge in [0.25, 0.3) is 0 Å². The average molecular weight is 517 g/mol. The summed E-state index contributed by atoms with van der Waals surface area (Å²) in [6.45, 7) is 0. The minimum atomic E-state index is 1.27. The largest absolute Gasteiger partial charge is 0.134 e. The quantitative estimate of drug-likeness (QED) is 0.190. The molecule has 0 bridgehead atoms. The van der Waals surface area contributed by atoms with Gasteiger partial charge in [0.2, 0.25) is 0 Å². The van der Waals surface area contributed by atoms with Crippen molar-refractivity contribution in [1.29, 1.82) is 0 Å². The van der Waals surface area contributed by atoms with Gasteiger partial charge in [-0.2, -0.15) is 0 Å². The Hall–Kier alpha value is -4.24. The van der Waals surface area contributed by atoms with Gasteiger partial charge >= 0.3 is 0 Å². The summed E-state index contributed by atoms with van der Waals surface area (Å²) in [6, 6.07) is 45.0. The predicted octanol–water partition coefficient (Wildman–Crippen LogP) is 11.5. The lowest BCUT2D eigenvalue weighted by Gasteiger charge is -2.12. The zero-order valence-electron chi connectivity index (χ0n) is 20.4. The maximum atomic E-state index is 2.40. The molecule has 0 aliphatic rings. The highest BCUT2D eigenvalue weighted by atomic mass is 32.1. The van der Waals surface area contributed by atoms with Crippen molar-refractivity contribution in [2.24, 2.45) is 0 Å². The first-order chi connectivity index (χ1) is 18.8. The van der Waals surface area contributed by atoms with Gasteiger partial charge in [-0.3, -0.25) is 0 Å². The summed E-state index contributed by atoms with van der Waals surface area (Å²) in [6.07, 6.45) is 0. The molecular weight excluding hydrogens is 497 g/mol. The van der Waals surface area contributed by atoms with E-state index < -0.39 is 0 Å². The lowest BCUT2D eigenvalue weighted by Crippen LogP contribution is -1.85. The van der Waals surface area contributed by atoms with E-state index in [0.29, 0.717) is 0 Å². The highest BCUT2D eigenvalue weighted by Crippen LogP contribution is 2.45. The topological polar surface area (TPSA) is 0 Å². The van der Waals surface area contributed by atoms with Crippen LogP contribution in [0.5, 0.6) is 0 Å². The zero-order chi connectivity index (χ0) is 24.8. The number of fused-ring (bicyclic) bond motifs is 13. The second kappa shape index (κ2) is 7.64. The Morgan fingerprint density at radius 1 is 0.289 bits per heavy atom. The number of hydrogen-bond acceptors (Lipinski definition) is 2. The van der Waals surface area contributed by atoms with Gasteiger partial charge in [-0.15, -0.1) is 22.7 Å². The molecule has 0 spiro atoms. The third-order valence-corrected chi connectivity index (χ3v) is 10.6. The van der Waals surface area contributed by atoms with E-state index in [-0.39, 0.29) is 0 Å². The van der Waals surface area contributed by atoms with E-state index in [2.05, 4.69) is 121 Å². The van der Waals surface area contributed by atoms with E-state index in [4.69, 9.17) is 0 Å². The summed E-state index contributed by atoms with van der Waals surface area (Å²) in [5, 5.41) is 13.4. The summed E-state index contributed by atoms with van der Waals surface area (Å²) in [5.41, 5.74) is 2.54. The van der Waals surface area contributed by atoms with Crippen LogP contribution in [0, 0.1) is 0 Å². The van der Waals surface area contributed by atoms with Crippen LogP contribution in [0.1, 0.15) is 0 Å². The highest BCUT2D eigenvalue weighted by molar-refractivity contribution is 7.33. The van der Waals surface area contributed by atoms with Gasteiger partial charge in [0.1, 0.15) is 0 Å². The molecule has 0 atom stereocenters. The molecule has 38 heavy (non-hydrogen) atoms. The van der Waals surface area contributed by atoms with Gasteiger partial charge in [-0.25, -0.2) is 0 Å². The Morgan fingerprint density at radius 2 is 0.711 bits per heavy atom. The second-order valence-corrected chi connectivity index (χ2v) is 12.2. The lowest BCUT2D eigenvalue weighted by molar-refractivity contribution is 1.71. The van der Waals surface area contributed by atoms with Gasteiger partial charge in [-0.05, 0) is 67.7 Å². The number of rotatable bonds is 1. The van der Waals surface area contributed by atoms with Crippen LogP contribution in [0.25, 0.3) is 83.8 Å². The fourth-order valence-electron chi connectivity index (χ4n) is 6.28. The molecule has 0 unspecified atom stereocenters. The summed E-state index contributed by atoms with van der Waals surface area (Å²) < 4.78 is 5.54. The molecule has 2 heteroatoms. The van der Waals surface area contributed by atoms with Gasteiger partial charge in [-0.1, -0.05) is 97.1 Å². The minimum Gasteiger partial charge on any atom is -0.134 e. The molecule has 0 amide bonds. The first kappa shape index (κ1) is 20.8. The maximum Gasteiger partial charge on any atom is 0.0534 e. The second-order valence-electron chi connectivity index (χ2n) is 10.1. The lowest BCUT2D eigenvalue weighted by atomic mass is 9.92. The number of hydrogen-bond donors (Lipinski definition) is 0. The van der Waals surface area contributed by atoms with Crippen LogP contribution in [0.2, 0.25) is 0 Å².